The summed E-state index contributed by atoms with van der Waals surface area (Å²) in [6.45, 7) is 13.2. The smallest absolute Gasteiger partial charge is 0.331 e. The van der Waals surface area contributed by atoms with Crippen LogP contribution in [-0.2, 0) is 14.3 Å². The van der Waals surface area contributed by atoms with Gasteiger partial charge < -0.3 is 19.1 Å². The van der Waals surface area contributed by atoms with Crippen LogP contribution in [0.1, 0.15) is 54.0 Å². The van der Waals surface area contributed by atoms with Gasteiger partial charge in [0.15, 0.2) is 17.6 Å². The molecule has 0 radical (unpaired) electrons. The first-order valence-corrected chi connectivity index (χ1v) is 9.62. The Hall–Kier alpha value is -2.50. The lowest BCUT2D eigenvalue weighted by molar-refractivity contribution is -0.157. The summed E-state index contributed by atoms with van der Waals surface area (Å²) in [6, 6.07) is 5.44. The number of hydrogen-bond donors (Lipinski definition) is 0. The van der Waals surface area contributed by atoms with Crippen molar-refractivity contribution in [2.24, 2.45) is 0 Å². The summed E-state index contributed by atoms with van der Waals surface area (Å²) in [4.78, 5) is 26.4. The van der Waals surface area contributed by atoms with E-state index in [1.54, 1.807) is 37.1 Å². The molecule has 0 aliphatic rings. The normalized spacial score (nSPS) is 12.5. The number of amides is 1. The Morgan fingerprint density at radius 1 is 0.964 bits per heavy atom. The number of ether oxygens (including phenoxy) is 3. The van der Waals surface area contributed by atoms with Gasteiger partial charge in [0, 0.05) is 18.2 Å². The molecule has 6 heteroatoms. The van der Waals surface area contributed by atoms with Crippen molar-refractivity contribution in [3.63, 3.8) is 0 Å². The van der Waals surface area contributed by atoms with E-state index in [-0.39, 0.29) is 24.1 Å². The van der Waals surface area contributed by atoms with E-state index in [1.165, 1.54) is 6.08 Å². The SMILES string of the molecule is COc1cc(/C=C/C(=O)O[C@H](C)C(=O)N(C(C)C)C(C)C)ccc1OC(C)C. The topological polar surface area (TPSA) is 65.1 Å². The molecule has 0 spiro atoms. The van der Waals surface area contributed by atoms with Crippen LogP contribution in [0.2, 0.25) is 0 Å². The summed E-state index contributed by atoms with van der Waals surface area (Å²) in [5.74, 6) is 0.439. The number of hydrogen-bond acceptors (Lipinski definition) is 5. The average molecular weight is 392 g/mol. The van der Waals surface area contributed by atoms with Gasteiger partial charge in [-0.15, -0.1) is 0 Å². The summed E-state index contributed by atoms with van der Waals surface area (Å²) < 4.78 is 16.3. The van der Waals surface area contributed by atoms with E-state index in [4.69, 9.17) is 14.2 Å². The Bertz CT molecular complexity index is 686. The van der Waals surface area contributed by atoms with Gasteiger partial charge in [-0.1, -0.05) is 6.07 Å². The molecule has 0 saturated carbocycles. The lowest BCUT2D eigenvalue weighted by Gasteiger charge is -2.32. The minimum atomic E-state index is -0.849. The highest BCUT2D eigenvalue weighted by Gasteiger charge is 2.27. The standard InChI is InChI=1S/C22H33NO5/c1-14(2)23(15(3)4)22(25)17(7)28-21(24)12-10-18-9-11-19(27-16(5)6)20(13-18)26-8/h9-17H,1-8H3/b12-10+/t17-/m1/s1. The van der Waals surface area contributed by atoms with Crippen molar-refractivity contribution < 1.29 is 23.8 Å². The molecule has 0 bridgehead atoms. The Morgan fingerprint density at radius 2 is 1.57 bits per heavy atom. The molecule has 1 atom stereocenters. The second-order valence-corrected chi connectivity index (χ2v) is 7.42. The number of benzene rings is 1. The Kier molecular flexibility index (Phi) is 9.03. The van der Waals surface area contributed by atoms with Gasteiger partial charge in [0.25, 0.3) is 5.91 Å². The summed E-state index contributed by atoms with van der Waals surface area (Å²) >= 11 is 0. The maximum Gasteiger partial charge on any atom is 0.331 e. The minimum absolute atomic E-state index is 0.0283. The average Bonchev–Trinajstić information content (AvgIpc) is 2.59. The zero-order chi connectivity index (χ0) is 21.4. The first kappa shape index (κ1) is 23.5. The first-order valence-electron chi connectivity index (χ1n) is 9.62. The molecule has 0 aliphatic heterocycles. The van der Waals surface area contributed by atoms with Crippen LogP contribution in [0.25, 0.3) is 6.08 Å². The second-order valence-electron chi connectivity index (χ2n) is 7.42. The highest BCUT2D eigenvalue weighted by molar-refractivity contribution is 5.90. The molecule has 0 saturated heterocycles. The van der Waals surface area contributed by atoms with Gasteiger partial charge in [-0.2, -0.15) is 0 Å². The number of nitrogens with zero attached hydrogens (tertiary/aromatic N) is 1. The van der Waals surface area contributed by atoms with Gasteiger partial charge >= 0.3 is 5.97 Å². The fourth-order valence-corrected chi connectivity index (χ4v) is 2.88. The van der Waals surface area contributed by atoms with Crippen LogP contribution in [0.3, 0.4) is 0 Å². The van der Waals surface area contributed by atoms with E-state index in [1.807, 2.05) is 47.6 Å². The van der Waals surface area contributed by atoms with Crippen molar-refractivity contribution in [2.75, 3.05) is 7.11 Å². The van der Waals surface area contributed by atoms with Crippen molar-refractivity contribution >= 4 is 18.0 Å². The zero-order valence-corrected chi connectivity index (χ0v) is 18.2. The number of esters is 1. The van der Waals surface area contributed by atoms with E-state index in [0.717, 1.165) is 5.56 Å². The van der Waals surface area contributed by atoms with Crippen LogP contribution in [0.4, 0.5) is 0 Å². The third-order valence-electron chi connectivity index (χ3n) is 3.97. The predicted octanol–water partition coefficient (Wildman–Crippen LogP) is 4.07. The lowest BCUT2D eigenvalue weighted by Crippen LogP contribution is -2.47. The van der Waals surface area contributed by atoms with Crippen molar-refractivity contribution in [3.05, 3.63) is 29.8 Å². The molecule has 0 aliphatic carbocycles. The monoisotopic (exact) mass is 391 g/mol. The number of carbonyl (C=O) groups excluding carboxylic acids is 2. The maximum atomic E-state index is 12.5. The fourth-order valence-electron chi connectivity index (χ4n) is 2.88. The van der Waals surface area contributed by atoms with Gasteiger partial charge in [-0.3, -0.25) is 4.79 Å². The fraction of sp³-hybridized carbons (Fsp3) is 0.545. The van der Waals surface area contributed by atoms with E-state index in [0.29, 0.717) is 11.5 Å². The molecule has 6 nitrogen and oxygen atoms in total. The van der Waals surface area contributed by atoms with Gasteiger partial charge in [0.1, 0.15) is 0 Å². The molecule has 0 heterocycles. The Morgan fingerprint density at radius 3 is 2.07 bits per heavy atom. The molecular weight excluding hydrogens is 358 g/mol. The third-order valence-corrected chi connectivity index (χ3v) is 3.97. The molecule has 1 aromatic carbocycles. The summed E-state index contributed by atoms with van der Waals surface area (Å²) in [7, 11) is 1.56. The van der Waals surface area contributed by atoms with Gasteiger partial charge in [-0.25, -0.2) is 4.79 Å². The molecule has 156 valence electrons. The number of carbonyl (C=O) groups is 2. The van der Waals surface area contributed by atoms with Crippen LogP contribution in [0.5, 0.6) is 11.5 Å². The van der Waals surface area contributed by atoms with Crippen molar-refractivity contribution in [1.82, 2.24) is 4.90 Å². The first-order chi connectivity index (χ1) is 13.1. The number of methoxy groups -OCH3 is 1. The molecule has 0 fully saturated rings. The largest absolute Gasteiger partial charge is 0.493 e. The molecule has 1 aromatic rings. The van der Waals surface area contributed by atoms with E-state index >= 15 is 0 Å². The highest BCUT2D eigenvalue weighted by atomic mass is 16.5. The molecule has 1 amide bonds. The van der Waals surface area contributed by atoms with Gasteiger partial charge in [0.2, 0.25) is 0 Å². The van der Waals surface area contributed by atoms with Gasteiger partial charge in [0.05, 0.1) is 13.2 Å². The van der Waals surface area contributed by atoms with Crippen molar-refractivity contribution in [3.8, 4) is 11.5 Å². The maximum absolute atomic E-state index is 12.5. The quantitative estimate of drug-likeness (QED) is 0.469. The minimum Gasteiger partial charge on any atom is -0.493 e. The zero-order valence-electron chi connectivity index (χ0n) is 18.2. The van der Waals surface area contributed by atoms with Crippen molar-refractivity contribution in [2.45, 2.75) is 72.8 Å². The van der Waals surface area contributed by atoms with Crippen LogP contribution in [0.15, 0.2) is 24.3 Å². The molecular formula is C22H33NO5. The molecule has 0 unspecified atom stereocenters. The summed E-state index contributed by atoms with van der Waals surface area (Å²) in [5, 5.41) is 0. The highest BCUT2D eigenvalue weighted by Crippen LogP contribution is 2.29. The Labute approximate surface area is 168 Å². The molecule has 0 N–H and O–H groups in total. The van der Waals surface area contributed by atoms with Gasteiger partial charge in [-0.05, 0) is 72.2 Å². The van der Waals surface area contributed by atoms with E-state index < -0.39 is 12.1 Å². The van der Waals surface area contributed by atoms with Crippen molar-refractivity contribution in [1.29, 1.82) is 0 Å². The van der Waals surface area contributed by atoms with Crippen LogP contribution in [0, 0.1) is 0 Å². The van der Waals surface area contributed by atoms with Crippen LogP contribution in [-0.4, -0.2) is 48.2 Å². The summed E-state index contributed by atoms with van der Waals surface area (Å²) in [6.07, 6.45) is 2.10. The van der Waals surface area contributed by atoms with E-state index in [9.17, 15) is 9.59 Å². The predicted molar refractivity (Wildman–Crippen MR) is 110 cm³/mol. The second kappa shape index (κ2) is 10.7. The molecule has 28 heavy (non-hydrogen) atoms. The Balaban J connectivity index is 2.79. The third kappa shape index (κ3) is 6.91. The van der Waals surface area contributed by atoms with Crippen LogP contribution >= 0.6 is 0 Å². The summed E-state index contributed by atoms with van der Waals surface area (Å²) in [5.41, 5.74) is 0.759. The van der Waals surface area contributed by atoms with Crippen LogP contribution < -0.4 is 9.47 Å². The number of rotatable bonds is 9. The molecule has 1 rings (SSSR count). The van der Waals surface area contributed by atoms with E-state index in [2.05, 4.69) is 0 Å². The lowest BCUT2D eigenvalue weighted by atomic mass is 10.2. The molecule has 0 aromatic heterocycles.